The zero-order chi connectivity index (χ0) is 12.3. The molecule has 0 amide bonds. The van der Waals surface area contributed by atoms with Gasteiger partial charge in [0.1, 0.15) is 11.6 Å². The van der Waals surface area contributed by atoms with Crippen LogP contribution in [0.4, 0.5) is 8.78 Å². The summed E-state index contributed by atoms with van der Waals surface area (Å²) in [5.41, 5.74) is 0.595. The summed E-state index contributed by atoms with van der Waals surface area (Å²) >= 11 is 0. The lowest BCUT2D eigenvalue weighted by molar-refractivity contribution is 0.182. The second-order valence-electron chi connectivity index (χ2n) is 4.57. The van der Waals surface area contributed by atoms with Crippen LogP contribution in [-0.4, -0.2) is 37.1 Å². The van der Waals surface area contributed by atoms with E-state index >= 15 is 0 Å². The molecule has 0 aliphatic carbocycles. The third-order valence-corrected chi connectivity index (χ3v) is 3.31. The summed E-state index contributed by atoms with van der Waals surface area (Å²) in [7, 11) is 0. The van der Waals surface area contributed by atoms with Crippen LogP contribution in [0.2, 0.25) is 0 Å². The summed E-state index contributed by atoms with van der Waals surface area (Å²) in [6, 6.07) is 4.11. The van der Waals surface area contributed by atoms with Crippen molar-refractivity contribution in [1.82, 2.24) is 10.2 Å². The van der Waals surface area contributed by atoms with Crippen LogP contribution in [0.25, 0.3) is 0 Å². The molecule has 1 unspecified atom stereocenters. The Morgan fingerprint density at radius 3 is 2.65 bits per heavy atom. The first-order valence-corrected chi connectivity index (χ1v) is 6.05. The van der Waals surface area contributed by atoms with Crippen molar-refractivity contribution in [2.75, 3.05) is 26.2 Å². The highest BCUT2D eigenvalue weighted by molar-refractivity contribution is 5.19. The first-order valence-electron chi connectivity index (χ1n) is 6.05. The standard InChI is InChI=1S/C13H18F2N2/c1-10(17-6-4-16-5-7-17)8-11-2-3-12(14)9-13(11)15/h2-3,9-10,16H,4-8H2,1H3. The van der Waals surface area contributed by atoms with Gasteiger partial charge in [0.2, 0.25) is 0 Å². The molecule has 17 heavy (non-hydrogen) atoms. The topological polar surface area (TPSA) is 15.3 Å². The Kier molecular flexibility index (Phi) is 4.07. The molecule has 1 aliphatic heterocycles. The van der Waals surface area contributed by atoms with Crippen LogP contribution in [0.1, 0.15) is 12.5 Å². The monoisotopic (exact) mass is 240 g/mol. The number of hydrogen-bond acceptors (Lipinski definition) is 2. The van der Waals surface area contributed by atoms with Crippen molar-refractivity contribution in [3.8, 4) is 0 Å². The summed E-state index contributed by atoms with van der Waals surface area (Å²) < 4.78 is 26.3. The van der Waals surface area contributed by atoms with Gasteiger partial charge in [-0.1, -0.05) is 6.07 Å². The molecule has 1 aromatic rings. The molecule has 1 fully saturated rings. The van der Waals surface area contributed by atoms with Gasteiger partial charge in [-0.05, 0) is 25.0 Å². The van der Waals surface area contributed by atoms with Gasteiger partial charge >= 0.3 is 0 Å². The number of benzene rings is 1. The van der Waals surface area contributed by atoms with E-state index in [0.717, 1.165) is 32.2 Å². The Bertz CT molecular complexity index is 376. The predicted octanol–water partition coefficient (Wildman–Crippen LogP) is 1.80. The fraction of sp³-hybridized carbons (Fsp3) is 0.538. The molecule has 2 rings (SSSR count). The Balaban J connectivity index is 1.99. The van der Waals surface area contributed by atoms with Crippen LogP contribution in [0.5, 0.6) is 0 Å². The van der Waals surface area contributed by atoms with Crippen molar-refractivity contribution in [3.63, 3.8) is 0 Å². The van der Waals surface area contributed by atoms with Crippen molar-refractivity contribution in [2.24, 2.45) is 0 Å². The molecule has 0 bridgehead atoms. The molecule has 0 aromatic heterocycles. The molecule has 1 aromatic carbocycles. The Morgan fingerprint density at radius 2 is 2.00 bits per heavy atom. The fourth-order valence-electron chi connectivity index (χ4n) is 2.26. The van der Waals surface area contributed by atoms with Crippen molar-refractivity contribution >= 4 is 0 Å². The van der Waals surface area contributed by atoms with E-state index in [1.54, 1.807) is 6.07 Å². The van der Waals surface area contributed by atoms with Gasteiger partial charge in [0.05, 0.1) is 0 Å². The Labute approximate surface area is 101 Å². The summed E-state index contributed by atoms with van der Waals surface area (Å²) in [4.78, 5) is 2.33. The Morgan fingerprint density at radius 1 is 1.29 bits per heavy atom. The molecule has 4 heteroatoms. The van der Waals surface area contributed by atoms with Crippen molar-refractivity contribution in [1.29, 1.82) is 0 Å². The second kappa shape index (κ2) is 5.56. The Hall–Kier alpha value is -1.00. The molecular formula is C13H18F2N2. The van der Waals surface area contributed by atoms with Gasteiger partial charge < -0.3 is 5.32 Å². The maximum atomic E-state index is 13.5. The van der Waals surface area contributed by atoms with Gasteiger partial charge in [-0.15, -0.1) is 0 Å². The van der Waals surface area contributed by atoms with E-state index in [0.29, 0.717) is 12.0 Å². The molecule has 1 saturated heterocycles. The van der Waals surface area contributed by atoms with E-state index < -0.39 is 11.6 Å². The number of hydrogen-bond donors (Lipinski definition) is 1. The lowest BCUT2D eigenvalue weighted by Crippen LogP contribution is -2.48. The van der Waals surface area contributed by atoms with Crippen LogP contribution in [0.3, 0.4) is 0 Å². The number of rotatable bonds is 3. The summed E-state index contributed by atoms with van der Waals surface area (Å²) in [6.07, 6.45) is 0.631. The third-order valence-electron chi connectivity index (χ3n) is 3.31. The van der Waals surface area contributed by atoms with Crippen LogP contribution in [0.15, 0.2) is 18.2 Å². The summed E-state index contributed by atoms with van der Waals surface area (Å²) in [5.74, 6) is -0.951. The highest BCUT2D eigenvalue weighted by atomic mass is 19.1. The molecule has 0 saturated carbocycles. The SMILES string of the molecule is CC(Cc1ccc(F)cc1F)N1CCNCC1. The first kappa shape index (κ1) is 12.5. The summed E-state index contributed by atoms with van der Waals surface area (Å²) in [5, 5.41) is 3.29. The van der Waals surface area contributed by atoms with Gasteiger partial charge in [-0.25, -0.2) is 8.78 Å². The summed E-state index contributed by atoms with van der Waals surface area (Å²) in [6.45, 7) is 6.04. The molecule has 2 nitrogen and oxygen atoms in total. The molecule has 1 heterocycles. The van der Waals surface area contributed by atoms with Crippen LogP contribution >= 0.6 is 0 Å². The molecule has 0 spiro atoms. The van der Waals surface area contributed by atoms with Gasteiger partial charge in [0.15, 0.2) is 0 Å². The van der Waals surface area contributed by atoms with Crippen LogP contribution < -0.4 is 5.32 Å². The van der Waals surface area contributed by atoms with Gasteiger partial charge in [0, 0.05) is 38.3 Å². The van der Waals surface area contributed by atoms with Crippen molar-refractivity contribution < 1.29 is 8.78 Å². The van der Waals surface area contributed by atoms with E-state index in [-0.39, 0.29) is 6.04 Å². The fourth-order valence-corrected chi connectivity index (χ4v) is 2.26. The smallest absolute Gasteiger partial charge is 0.129 e. The maximum Gasteiger partial charge on any atom is 0.129 e. The highest BCUT2D eigenvalue weighted by Crippen LogP contribution is 2.14. The lowest BCUT2D eigenvalue weighted by atomic mass is 10.0. The predicted molar refractivity (Wildman–Crippen MR) is 64.0 cm³/mol. The number of piperazine rings is 1. The average molecular weight is 240 g/mol. The van der Waals surface area contributed by atoms with E-state index in [2.05, 4.69) is 17.1 Å². The molecule has 1 N–H and O–H groups in total. The number of nitrogens with zero attached hydrogens (tertiary/aromatic N) is 1. The molecular weight excluding hydrogens is 222 g/mol. The van der Waals surface area contributed by atoms with Gasteiger partial charge in [-0.3, -0.25) is 4.90 Å². The molecule has 0 radical (unpaired) electrons. The van der Waals surface area contributed by atoms with E-state index in [9.17, 15) is 8.78 Å². The van der Waals surface area contributed by atoms with Gasteiger partial charge in [0.25, 0.3) is 0 Å². The molecule has 1 aliphatic rings. The maximum absolute atomic E-state index is 13.5. The van der Waals surface area contributed by atoms with E-state index in [1.807, 2.05) is 0 Å². The van der Waals surface area contributed by atoms with E-state index in [4.69, 9.17) is 0 Å². The minimum absolute atomic E-state index is 0.289. The van der Waals surface area contributed by atoms with Gasteiger partial charge in [-0.2, -0.15) is 0 Å². The zero-order valence-corrected chi connectivity index (χ0v) is 10.0. The number of halogens is 2. The first-order chi connectivity index (χ1) is 8.16. The minimum atomic E-state index is -0.513. The van der Waals surface area contributed by atoms with Crippen LogP contribution in [-0.2, 0) is 6.42 Å². The quantitative estimate of drug-likeness (QED) is 0.866. The largest absolute Gasteiger partial charge is 0.314 e. The number of nitrogens with one attached hydrogen (secondary N) is 1. The minimum Gasteiger partial charge on any atom is -0.314 e. The normalized spacial score (nSPS) is 19.2. The average Bonchev–Trinajstić information content (AvgIpc) is 2.34. The van der Waals surface area contributed by atoms with Crippen molar-refractivity contribution in [3.05, 3.63) is 35.4 Å². The molecule has 94 valence electrons. The third kappa shape index (κ3) is 3.23. The van der Waals surface area contributed by atoms with E-state index in [1.165, 1.54) is 6.07 Å². The zero-order valence-electron chi connectivity index (χ0n) is 10.0. The highest BCUT2D eigenvalue weighted by Gasteiger charge is 2.17. The van der Waals surface area contributed by atoms with Crippen LogP contribution in [0, 0.1) is 11.6 Å². The van der Waals surface area contributed by atoms with Crippen molar-refractivity contribution in [2.45, 2.75) is 19.4 Å². The lowest BCUT2D eigenvalue weighted by Gasteiger charge is -2.32. The second-order valence-corrected chi connectivity index (χ2v) is 4.57. The molecule has 1 atom stereocenters.